The summed E-state index contributed by atoms with van der Waals surface area (Å²) in [7, 11) is -3.43. The topological polar surface area (TPSA) is 75.7 Å². The molecule has 2 heterocycles. The molecule has 1 N–H and O–H groups in total. The van der Waals surface area contributed by atoms with Gasteiger partial charge in [-0.3, -0.25) is 4.79 Å². The van der Waals surface area contributed by atoms with Gasteiger partial charge in [-0.25, -0.2) is 12.8 Å². The number of benzene rings is 1. The van der Waals surface area contributed by atoms with Gasteiger partial charge in [-0.2, -0.15) is 4.31 Å². The molecule has 0 aliphatic carbocycles. The monoisotopic (exact) mass is 412 g/mol. The predicted molar refractivity (Wildman–Crippen MR) is 101 cm³/mol. The fourth-order valence-electron chi connectivity index (χ4n) is 2.76. The molecule has 1 amide bonds. The van der Waals surface area contributed by atoms with Crippen LogP contribution in [0.3, 0.4) is 0 Å². The van der Waals surface area contributed by atoms with E-state index in [1.165, 1.54) is 28.6 Å². The quantitative estimate of drug-likeness (QED) is 0.676. The number of sulfonamides is 1. The minimum absolute atomic E-state index is 0.122. The SMILES string of the molecule is O=C(Cc1ccc(S(=O)(=O)N2CCCC2)s1)NCCOc1ccc(F)cc1. The van der Waals surface area contributed by atoms with Crippen molar-refractivity contribution in [2.24, 2.45) is 0 Å². The number of rotatable bonds is 8. The van der Waals surface area contributed by atoms with Crippen LogP contribution in [0.25, 0.3) is 0 Å². The summed E-state index contributed by atoms with van der Waals surface area (Å²) >= 11 is 1.14. The lowest BCUT2D eigenvalue weighted by Gasteiger charge is -2.13. The van der Waals surface area contributed by atoms with Crippen LogP contribution in [0.2, 0.25) is 0 Å². The Morgan fingerprint density at radius 1 is 1.15 bits per heavy atom. The lowest BCUT2D eigenvalue weighted by atomic mass is 10.3. The van der Waals surface area contributed by atoms with Crippen molar-refractivity contribution >= 4 is 27.3 Å². The van der Waals surface area contributed by atoms with E-state index in [4.69, 9.17) is 4.74 Å². The number of hydrogen-bond acceptors (Lipinski definition) is 5. The van der Waals surface area contributed by atoms with E-state index in [0.717, 1.165) is 24.2 Å². The molecule has 1 aliphatic rings. The summed E-state index contributed by atoms with van der Waals surface area (Å²) in [5.41, 5.74) is 0. The second-order valence-electron chi connectivity index (χ2n) is 6.16. The van der Waals surface area contributed by atoms with Gasteiger partial charge >= 0.3 is 0 Å². The largest absolute Gasteiger partial charge is 0.492 e. The van der Waals surface area contributed by atoms with Gasteiger partial charge in [-0.05, 0) is 49.2 Å². The number of halogens is 1. The van der Waals surface area contributed by atoms with Crippen LogP contribution in [-0.2, 0) is 21.2 Å². The molecule has 0 radical (unpaired) electrons. The number of carbonyl (C=O) groups is 1. The molecule has 0 atom stereocenters. The molecule has 0 saturated carbocycles. The number of ether oxygens (including phenoxy) is 1. The first kappa shape index (κ1) is 19.8. The van der Waals surface area contributed by atoms with Gasteiger partial charge in [0.15, 0.2) is 0 Å². The van der Waals surface area contributed by atoms with E-state index < -0.39 is 10.0 Å². The normalized spacial score (nSPS) is 15.0. The summed E-state index contributed by atoms with van der Waals surface area (Å²) in [5.74, 6) is -0.0111. The summed E-state index contributed by atoms with van der Waals surface area (Å²) in [4.78, 5) is 12.7. The fraction of sp³-hybridized carbons (Fsp3) is 0.389. The van der Waals surface area contributed by atoms with Gasteiger partial charge in [0, 0.05) is 18.0 Å². The molecule has 0 spiro atoms. The third-order valence-corrected chi connectivity index (χ3v) is 7.59. The maximum atomic E-state index is 12.8. The molecule has 9 heteroatoms. The van der Waals surface area contributed by atoms with E-state index in [-0.39, 0.29) is 29.0 Å². The van der Waals surface area contributed by atoms with Crippen LogP contribution in [0, 0.1) is 5.82 Å². The number of carbonyl (C=O) groups excluding carboxylic acids is 1. The number of nitrogens with zero attached hydrogens (tertiary/aromatic N) is 1. The molecule has 1 saturated heterocycles. The lowest BCUT2D eigenvalue weighted by Crippen LogP contribution is -2.29. The lowest BCUT2D eigenvalue weighted by molar-refractivity contribution is -0.120. The Labute approximate surface area is 162 Å². The zero-order chi connectivity index (χ0) is 19.3. The Hall–Kier alpha value is -1.97. The number of nitrogens with one attached hydrogen (secondary N) is 1. The fourth-order valence-corrected chi connectivity index (χ4v) is 5.78. The van der Waals surface area contributed by atoms with Crippen molar-refractivity contribution in [3.8, 4) is 5.75 Å². The molecule has 0 bridgehead atoms. The van der Waals surface area contributed by atoms with E-state index in [9.17, 15) is 17.6 Å². The Kier molecular flexibility index (Phi) is 6.46. The van der Waals surface area contributed by atoms with Crippen LogP contribution in [0.1, 0.15) is 17.7 Å². The van der Waals surface area contributed by atoms with Crippen LogP contribution < -0.4 is 10.1 Å². The number of amides is 1. The summed E-state index contributed by atoms with van der Waals surface area (Å²) in [6.07, 6.45) is 1.90. The minimum atomic E-state index is -3.43. The van der Waals surface area contributed by atoms with E-state index >= 15 is 0 Å². The van der Waals surface area contributed by atoms with Crippen molar-refractivity contribution in [2.75, 3.05) is 26.2 Å². The highest BCUT2D eigenvalue weighted by atomic mass is 32.2. The van der Waals surface area contributed by atoms with Gasteiger partial charge in [0.1, 0.15) is 22.4 Å². The van der Waals surface area contributed by atoms with Crippen molar-refractivity contribution in [3.63, 3.8) is 0 Å². The van der Waals surface area contributed by atoms with Crippen molar-refractivity contribution < 1.29 is 22.3 Å². The van der Waals surface area contributed by atoms with E-state index in [0.29, 0.717) is 30.3 Å². The first-order valence-electron chi connectivity index (χ1n) is 8.69. The summed E-state index contributed by atoms with van der Waals surface area (Å²) in [6.45, 7) is 1.69. The molecular weight excluding hydrogens is 391 g/mol. The van der Waals surface area contributed by atoms with E-state index in [1.54, 1.807) is 12.1 Å². The van der Waals surface area contributed by atoms with Crippen molar-refractivity contribution in [1.29, 1.82) is 0 Å². The van der Waals surface area contributed by atoms with Crippen LogP contribution in [0.5, 0.6) is 5.75 Å². The third kappa shape index (κ3) is 5.27. The summed E-state index contributed by atoms with van der Waals surface area (Å²) in [5, 5.41) is 2.72. The van der Waals surface area contributed by atoms with Crippen molar-refractivity contribution in [2.45, 2.75) is 23.5 Å². The molecule has 2 aromatic rings. The zero-order valence-electron chi connectivity index (χ0n) is 14.7. The van der Waals surface area contributed by atoms with E-state index in [2.05, 4.69) is 5.32 Å². The molecular formula is C18H21FN2O4S2. The number of thiophene rings is 1. The van der Waals surface area contributed by atoms with Crippen LogP contribution in [-0.4, -0.2) is 44.9 Å². The molecule has 146 valence electrons. The smallest absolute Gasteiger partial charge is 0.252 e. The highest BCUT2D eigenvalue weighted by Gasteiger charge is 2.28. The molecule has 0 unspecified atom stereocenters. The van der Waals surface area contributed by atoms with Gasteiger partial charge in [0.25, 0.3) is 10.0 Å². The molecule has 1 aromatic heterocycles. The summed E-state index contributed by atoms with van der Waals surface area (Å²) < 4.78 is 45.0. The Morgan fingerprint density at radius 3 is 2.56 bits per heavy atom. The maximum absolute atomic E-state index is 12.8. The van der Waals surface area contributed by atoms with Gasteiger partial charge in [-0.15, -0.1) is 11.3 Å². The van der Waals surface area contributed by atoms with Gasteiger partial charge < -0.3 is 10.1 Å². The third-order valence-electron chi connectivity index (χ3n) is 4.14. The average molecular weight is 413 g/mol. The Bertz CT molecular complexity index is 875. The highest BCUT2D eigenvalue weighted by molar-refractivity contribution is 7.91. The average Bonchev–Trinajstić information content (AvgIpc) is 3.33. The molecule has 27 heavy (non-hydrogen) atoms. The second-order valence-corrected chi connectivity index (χ2v) is 9.49. The standard InChI is InChI=1S/C18H21FN2O4S2/c19-14-3-5-15(6-4-14)25-12-9-20-17(22)13-16-7-8-18(26-16)27(23,24)21-10-1-2-11-21/h3-8H,1-2,9-13H2,(H,20,22). The van der Waals surface area contributed by atoms with Crippen LogP contribution >= 0.6 is 11.3 Å². The highest BCUT2D eigenvalue weighted by Crippen LogP contribution is 2.27. The Balaban J connectivity index is 1.44. The van der Waals surface area contributed by atoms with Crippen molar-refractivity contribution in [3.05, 3.63) is 47.1 Å². The molecule has 6 nitrogen and oxygen atoms in total. The second kappa shape index (κ2) is 8.81. The van der Waals surface area contributed by atoms with Crippen molar-refractivity contribution in [1.82, 2.24) is 9.62 Å². The first-order chi connectivity index (χ1) is 12.9. The van der Waals surface area contributed by atoms with E-state index in [1.807, 2.05) is 0 Å². The Morgan fingerprint density at radius 2 is 1.85 bits per heavy atom. The first-order valence-corrected chi connectivity index (χ1v) is 10.9. The maximum Gasteiger partial charge on any atom is 0.252 e. The van der Waals surface area contributed by atoms with Gasteiger partial charge in [0.05, 0.1) is 13.0 Å². The zero-order valence-corrected chi connectivity index (χ0v) is 16.3. The minimum Gasteiger partial charge on any atom is -0.492 e. The van der Waals surface area contributed by atoms with Gasteiger partial charge in [-0.1, -0.05) is 0 Å². The van der Waals surface area contributed by atoms with Crippen LogP contribution in [0.15, 0.2) is 40.6 Å². The van der Waals surface area contributed by atoms with Gasteiger partial charge in [0.2, 0.25) is 5.91 Å². The molecule has 1 aromatic carbocycles. The predicted octanol–water partition coefficient (Wildman–Crippen LogP) is 2.41. The molecule has 3 rings (SSSR count). The summed E-state index contributed by atoms with van der Waals surface area (Å²) in [6, 6.07) is 8.90. The molecule has 1 aliphatic heterocycles. The van der Waals surface area contributed by atoms with Crippen LogP contribution in [0.4, 0.5) is 4.39 Å². The molecule has 1 fully saturated rings. The number of hydrogen-bond donors (Lipinski definition) is 1.